The second kappa shape index (κ2) is 6.50. The highest BCUT2D eigenvalue weighted by atomic mass is 16.5. The molecule has 0 radical (unpaired) electrons. The molecule has 2 N–H and O–H groups in total. The topological polar surface area (TPSA) is 44.5 Å². The maximum atomic E-state index is 6.31. The molecule has 0 heterocycles. The van der Waals surface area contributed by atoms with Crippen LogP contribution < -0.4 is 15.2 Å². The van der Waals surface area contributed by atoms with Gasteiger partial charge in [-0.05, 0) is 12.0 Å². The molecule has 1 aromatic carbocycles. The third-order valence-electron chi connectivity index (χ3n) is 3.36. The highest BCUT2D eigenvalue weighted by molar-refractivity contribution is 5.42. The summed E-state index contributed by atoms with van der Waals surface area (Å²) in [5, 5.41) is 0. The first-order chi connectivity index (χ1) is 8.17. The molecule has 0 fully saturated rings. The van der Waals surface area contributed by atoms with Gasteiger partial charge in [0, 0.05) is 17.7 Å². The third kappa shape index (κ3) is 3.13. The molecule has 0 aliphatic rings. The van der Waals surface area contributed by atoms with Gasteiger partial charge in [-0.2, -0.15) is 0 Å². The van der Waals surface area contributed by atoms with E-state index in [1.54, 1.807) is 14.2 Å². The smallest absolute Gasteiger partial charge is 0.127 e. The lowest BCUT2D eigenvalue weighted by Crippen LogP contribution is -2.21. The van der Waals surface area contributed by atoms with Crippen LogP contribution in [0.1, 0.15) is 38.3 Å². The summed E-state index contributed by atoms with van der Waals surface area (Å²) in [6.45, 7) is 4.34. The number of rotatable bonds is 6. The number of ether oxygens (including phenoxy) is 2. The van der Waals surface area contributed by atoms with Crippen LogP contribution in [-0.2, 0) is 0 Å². The minimum absolute atomic E-state index is 0.0193. The molecule has 0 aliphatic carbocycles. The summed E-state index contributed by atoms with van der Waals surface area (Å²) in [5.41, 5.74) is 7.36. The SMILES string of the molecule is CCC(CC)C(N)c1ccc(OC)cc1OC. The van der Waals surface area contributed by atoms with Gasteiger partial charge in [0.1, 0.15) is 11.5 Å². The van der Waals surface area contributed by atoms with Gasteiger partial charge in [-0.1, -0.05) is 32.8 Å². The van der Waals surface area contributed by atoms with Crippen molar-refractivity contribution in [1.29, 1.82) is 0 Å². The molecule has 1 atom stereocenters. The van der Waals surface area contributed by atoms with Crippen LogP contribution in [0.3, 0.4) is 0 Å². The number of methoxy groups -OCH3 is 2. The van der Waals surface area contributed by atoms with Crippen LogP contribution >= 0.6 is 0 Å². The Morgan fingerprint density at radius 3 is 2.24 bits per heavy atom. The Bertz CT molecular complexity index is 348. The van der Waals surface area contributed by atoms with E-state index in [1.807, 2.05) is 18.2 Å². The molecule has 3 nitrogen and oxygen atoms in total. The number of hydrogen-bond donors (Lipinski definition) is 1. The Balaban J connectivity index is 3.03. The van der Waals surface area contributed by atoms with E-state index in [2.05, 4.69) is 13.8 Å². The average Bonchev–Trinajstić information content (AvgIpc) is 2.39. The number of hydrogen-bond acceptors (Lipinski definition) is 3. The maximum Gasteiger partial charge on any atom is 0.127 e. The zero-order valence-electron chi connectivity index (χ0n) is 11.2. The predicted molar refractivity (Wildman–Crippen MR) is 70.5 cm³/mol. The fourth-order valence-corrected chi connectivity index (χ4v) is 2.14. The number of benzene rings is 1. The summed E-state index contributed by atoms with van der Waals surface area (Å²) >= 11 is 0. The quantitative estimate of drug-likeness (QED) is 0.826. The monoisotopic (exact) mass is 237 g/mol. The fourth-order valence-electron chi connectivity index (χ4n) is 2.14. The predicted octanol–water partition coefficient (Wildman–Crippen LogP) is 3.14. The van der Waals surface area contributed by atoms with Crippen molar-refractivity contribution in [2.45, 2.75) is 32.7 Å². The molecule has 0 bridgehead atoms. The molecule has 1 aromatic rings. The van der Waals surface area contributed by atoms with Gasteiger partial charge in [0.05, 0.1) is 14.2 Å². The summed E-state index contributed by atoms with van der Waals surface area (Å²) in [4.78, 5) is 0. The first-order valence-electron chi connectivity index (χ1n) is 6.15. The standard InChI is InChI=1S/C14H23NO2/c1-5-10(6-2)14(15)12-8-7-11(16-3)9-13(12)17-4/h7-10,14H,5-6,15H2,1-4H3. The molecule has 0 aromatic heterocycles. The normalized spacial score (nSPS) is 12.6. The lowest BCUT2D eigenvalue weighted by atomic mass is 9.89. The van der Waals surface area contributed by atoms with Gasteiger partial charge < -0.3 is 15.2 Å². The van der Waals surface area contributed by atoms with Crippen molar-refractivity contribution in [1.82, 2.24) is 0 Å². The molecule has 17 heavy (non-hydrogen) atoms. The van der Waals surface area contributed by atoms with Crippen molar-refractivity contribution in [2.75, 3.05) is 14.2 Å². The largest absolute Gasteiger partial charge is 0.497 e. The molecule has 1 unspecified atom stereocenters. The van der Waals surface area contributed by atoms with E-state index in [0.717, 1.165) is 29.9 Å². The number of nitrogens with two attached hydrogens (primary N) is 1. The van der Waals surface area contributed by atoms with E-state index < -0.39 is 0 Å². The van der Waals surface area contributed by atoms with Crippen molar-refractivity contribution in [3.8, 4) is 11.5 Å². The van der Waals surface area contributed by atoms with Crippen molar-refractivity contribution in [3.05, 3.63) is 23.8 Å². The van der Waals surface area contributed by atoms with Gasteiger partial charge in [0.15, 0.2) is 0 Å². The summed E-state index contributed by atoms with van der Waals surface area (Å²) in [6, 6.07) is 5.84. The molecule has 0 saturated heterocycles. The van der Waals surface area contributed by atoms with Crippen LogP contribution in [0.2, 0.25) is 0 Å². The lowest BCUT2D eigenvalue weighted by molar-refractivity contribution is 0.365. The summed E-state index contributed by atoms with van der Waals surface area (Å²) in [7, 11) is 3.31. The Hall–Kier alpha value is -1.22. The average molecular weight is 237 g/mol. The van der Waals surface area contributed by atoms with E-state index in [0.29, 0.717) is 5.92 Å². The minimum Gasteiger partial charge on any atom is -0.497 e. The Morgan fingerprint density at radius 1 is 1.12 bits per heavy atom. The molecule has 3 heteroatoms. The van der Waals surface area contributed by atoms with E-state index in [-0.39, 0.29) is 6.04 Å². The Kier molecular flexibility index (Phi) is 5.29. The first-order valence-corrected chi connectivity index (χ1v) is 6.15. The van der Waals surface area contributed by atoms with Crippen LogP contribution in [0, 0.1) is 5.92 Å². The molecule has 0 saturated carbocycles. The van der Waals surface area contributed by atoms with Crippen LogP contribution in [0.5, 0.6) is 11.5 Å². The van der Waals surface area contributed by atoms with Crippen molar-refractivity contribution >= 4 is 0 Å². The molecule has 0 aliphatic heterocycles. The fraction of sp³-hybridized carbons (Fsp3) is 0.571. The van der Waals surface area contributed by atoms with Crippen LogP contribution in [0.25, 0.3) is 0 Å². The molecular weight excluding hydrogens is 214 g/mol. The van der Waals surface area contributed by atoms with Gasteiger partial charge in [0.2, 0.25) is 0 Å². The Labute approximate surface area is 104 Å². The minimum atomic E-state index is 0.0193. The zero-order chi connectivity index (χ0) is 12.8. The van der Waals surface area contributed by atoms with Crippen LogP contribution in [-0.4, -0.2) is 14.2 Å². The van der Waals surface area contributed by atoms with Crippen molar-refractivity contribution in [3.63, 3.8) is 0 Å². The highest BCUT2D eigenvalue weighted by Crippen LogP contribution is 2.33. The van der Waals surface area contributed by atoms with E-state index in [9.17, 15) is 0 Å². The van der Waals surface area contributed by atoms with Crippen molar-refractivity contribution < 1.29 is 9.47 Å². The van der Waals surface area contributed by atoms with Crippen LogP contribution in [0.15, 0.2) is 18.2 Å². The maximum absolute atomic E-state index is 6.31. The van der Waals surface area contributed by atoms with Gasteiger partial charge in [-0.3, -0.25) is 0 Å². The van der Waals surface area contributed by atoms with E-state index in [1.165, 1.54) is 0 Å². The third-order valence-corrected chi connectivity index (χ3v) is 3.36. The second-order valence-corrected chi connectivity index (χ2v) is 4.21. The van der Waals surface area contributed by atoms with Crippen LogP contribution in [0.4, 0.5) is 0 Å². The highest BCUT2D eigenvalue weighted by Gasteiger charge is 2.19. The first kappa shape index (κ1) is 13.8. The van der Waals surface area contributed by atoms with Crippen molar-refractivity contribution in [2.24, 2.45) is 11.7 Å². The summed E-state index contributed by atoms with van der Waals surface area (Å²) < 4.78 is 10.6. The lowest BCUT2D eigenvalue weighted by Gasteiger charge is -2.23. The zero-order valence-corrected chi connectivity index (χ0v) is 11.2. The van der Waals surface area contributed by atoms with Gasteiger partial charge >= 0.3 is 0 Å². The summed E-state index contributed by atoms with van der Waals surface area (Å²) in [6.07, 6.45) is 2.15. The molecule has 0 amide bonds. The molecule has 1 rings (SSSR count). The van der Waals surface area contributed by atoms with Gasteiger partial charge in [-0.15, -0.1) is 0 Å². The van der Waals surface area contributed by atoms with E-state index >= 15 is 0 Å². The van der Waals surface area contributed by atoms with E-state index in [4.69, 9.17) is 15.2 Å². The summed E-state index contributed by atoms with van der Waals surface area (Å²) in [5.74, 6) is 2.09. The van der Waals surface area contributed by atoms with Gasteiger partial charge in [-0.25, -0.2) is 0 Å². The molecule has 0 spiro atoms. The molecular formula is C14H23NO2. The van der Waals surface area contributed by atoms with Gasteiger partial charge in [0.25, 0.3) is 0 Å². The Morgan fingerprint density at radius 2 is 1.76 bits per heavy atom. The molecule has 96 valence electrons. The second-order valence-electron chi connectivity index (χ2n) is 4.21.